The number of hydrazone groups is 1. The van der Waals surface area contributed by atoms with E-state index in [0.29, 0.717) is 0 Å². The van der Waals surface area contributed by atoms with Crippen molar-refractivity contribution < 1.29 is 4.79 Å². The highest BCUT2D eigenvalue weighted by molar-refractivity contribution is 6.82. The summed E-state index contributed by atoms with van der Waals surface area (Å²) in [6, 6.07) is 13.8. The molecule has 0 spiro atoms. The van der Waals surface area contributed by atoms with E-state index >= 15 is 0 Å². The van der Waals surface area contributed by atoms with Crippen LogP contribution in [-0.2, 0) is 4.79 Å². The molecule has 1 N–H and O–H groups in total. The van der Waals surface area contributed by atoms with E-state index < -0.39 is 0 Å². The number of fused-ring (bicyclic) bond motifs is 1. The number of carbonyl (C=O) groups is 1. The number of nitrogens with one attached hydrogen (secondary N) is 1. The molecule has 0 saturated carbocycles. The van der Waals surface area contributed by atoms with Gasteiger partial charge in [-0.1, -0.05) is 41.9 Å². The van der Waals surface area contributed by atoms with Crippen molar-refractivity contribution in [3.05, 3.63) is 42.5 Å². The first-order valence-electron chi connectivity index (χ1n) is 5.16. The van der Waals surface area contributed by atoms with Crippen LogP contribution >= 0.6 is 11.6 Å². The Morgan fingerprint density at radius 3 is 2.59 bits per heavy atom. The molecule has 0 bridgehead atoms. The van der Waals surface area contributed by atoms with Gasteiger partial charge in [0.2, 0.25) is 0 Å². The van der Waals surface area contributed by atoms with E-state index in [-0.39, 0.29) is 11.0 Å². The van der Waals surface area contributed by atoms with Gasteiger partial charge in [0.25, 0.3) is 0 Å². The summed E-state index contributed by atoms with van der Waals surface area (Å²) in [5.74, 6) is -0.264. The molecule has 3 nitrogen and oxygen atoms in total. The Morgan fingerprint density at radius 1 is 1.18 bits per heavy atom. The van der Waals surface area contributed by atoms with E-state index in [2.05, 4.69) is 10.5 Å². The normalized spacial score (nSPS) is 11.5. The maximum absolute atomic E-state index is 10.9. The number of ketones is 1. The average molecular weight is 247 g/mol. The fourth-order valence-corrected chi connectivity index (χ4v) is 1.49. The molecular formula is C13H11ClN2O. The van der Waals surface area contributed by atoms with Crippen LogP contribution in [0.2, 0.25) is 0 Å². The molecule has 0 aliphatic carbocycles. The molecule has 17 heavy (non-hydrogen) atoms. The molecule has 2 rings (SSSR count). The standard InChI is InChI=1S/C13H11ClN2O/c1-9(17)13(14)16-15-12-7-6-10-4-2-3-5-11(10)8-12/h2-8,15H,1H3. The van der Waals surface area contributed by atoms with Gasteiger partial charge in [-0.05, 0) is 22.9 Å². The monoisotopic (exact) mass is 246 g/mol. The van der Waals surface area contributed by atoms with Crippen molar-refractivity contribution in [2.75, 3.05) is 5.43 Å². The van der Waals surface area contributed by atoms with Crippen LogP contribution in [0.25, 0.3) is 10.8 Å². The number of Topliss-reactive ketones (excluding diaryl/α,β-unsaturated/α-hetero) is 1. The Balaban J connectivity index is 2.25. The molecule has 0 aromatic heterocycles. The van der Waals surface area contributed by atoms with E-state index in [1.165, 1.54) is 6.92 Å². The van der Waals surface area contributed by atoms with Gasteiger partial charge in [0, 0.05) is 6.92 Å². The Labute approximate surface area is 104 Å². The van der Waals surface area contributed by atoms with Gasteiger partial charge in [-0.25, -0.2) is 0 Å². The van der Waals surface area contributed by atoms with Gasteiger partial charge in [0.05, 0.1) is 5.69 Å². The molecule has 2 aromatic carbocycles. The van der Waals surface area contributed by atoms with E-state index in [1.54, 1.807) is 0 Å². The van der Waals surface area contributed by atoms with Crippen molar-refractivity contribution in [2.24, 2.45) is 5.10 Å². The van der Waals surface area contributed by atoms with Crippen molar-refractivity contribution >= 4 is 39.0 Å². The molecule has 0 saturated heterocycles. The molecule has 2 aromatic rings. The predicted molar refractivity (Wildman–Crippen MR) is 71.5 cm³/mol. The third kappa shape index (κ3) is 2.82. The van der Waals surface area contributed by atoms with E-state index in [0.717, 1.165) is 16.5 Å². The maximum atomic E-state index is 10.9. The summed E-state index contributed by atoms with van der Waals surface area (Å²) in [5, 5.41) is 5.98. The zero-order valence-corrected chi connectivity index (χ0v) is 10.0. The lowest BCUT2D eigenvalue weighted by molar-refractivity contribution is -0.110. The van der Waals surface area contributed by atoms with Crippen LogP contribution < -0.4 is 5.43 Å². The first-order valence-corrected chi connectivity index (χ1v) is 5.53. The Hall–Kier alpha value is -1.87. The van der Waals surface area contributed by atoms with Crippen molar-refractivity contribution in [1.29, 1.82) is 0 Å². The summed E-state index contributed by atoms with van der Waals surface area (Å²) in [6.45, 7) is 1.37. The second-order valence-electron chi connectivity index (χ2n) is 3.63. The minimum atomic E-state index is -0.264. The van der Waals surface area contributed by atoms with Crippen LogP contribution in [0, 0.1) is 0 Å². The number of hydrogen-bond donors (Lipinski definition) is 1. The van der Waals surface area contributed by atoms with Gasteiger partial charge in [0.15, 0.2) is 11.0 Å². The zero-order chi connectivity index (χ0) is 12.3. The molecule has 0 amide bonds. The van der Waals surface area contributed by atoms with Crippen LogP contribution in [-0.4, -0.2) is 11.0 Å². The minimum absolute atomic E-state index is 0.0573. The highest BCUT2D eigenvalue weighted by atomic mass is 35.5. The molecule has 0 aliphatic heterocycles. The quantitative estimate of drug-likeness (QED) is 0.666. The smallest absolute Gasteiger partial charge is 0.191 e. The lowest BCUT2D eigenvalue weighted by Gasteiger charge is -2.03. The van der Waals surface area contributed by atoms with E-state index in [9.17, 15) is 4.79 Å². The Kier molecular flexibility index (Phi) is 3.40. The van der Waals surface area contributed by atoms with Crippen LogP contribution in [0.4, 0.5) is 5.69 Å². The topological polar surface area (TPSA) is 41.5 Å². The predicted octanol–water partition coefficient (Wildman–Crippen LogP) is 3.39. The van der Waals surface area contributed by atoms with Crippen molar-refractivity contribution in [2.45, 2.75) is 6.92 Å². The Morgan fingerprint density at radius 2 is 1.88 bits per heavy atom. The van der Waals surface area contributed by atoms with Gasteiger partial charge in [-0.2, -0.15) is 5.10 Å². The summed E-state index contributed by atoms with van der Waals surface area (Å²) in [4.78, 5) is 10.9. The summed E-state index contributed by atoms with van der Waals surface area (Å²) < 4.78 is 0. The first-order chi connectivity index (χ1) is 8.16. The highest BCUT2D eigenvalue weighted by Crippen LogP contribution is 2.18. The average Bonchev–Trinajstić information content (AvgIpc) is 2.35. The molecule has 4 heteroatoms. The summed E-state index contributed by atoms with van der Waals surface area (Å²) in [7, 11) is 0. The summed E-state index contributed by atoms with van der Waals surface area (Å²) in [6.07, 6.45) is 0. The number of rotatable bonds is 3. The fraction of sp³-hybridized carbons (Fsp3) is 0.0769. The fourth-order valence-electron chi connectivity index (χ4n) is 1.45. The molecule has 86 valence electrons. The second kappa shape index (κ2) is 4.97. The molecule has 0 aliphatic rings. The SMILES string of the molecule is CC(=O)C(Cl)=NNc1ccc2ccccc2c1. The third-order valence-electron chi connectivity index (χ3n) is 2.32. The number of carbonyl (C=O) groups excluding carboxylic acids is 1. The van der Waals surface area contributed by atoms with Gasteiger partial charge in [-0.3, -0.25) is 10.2 Å². The zero-order valence-electron chi connectivity index (χ0n) is 9.27. The molecule has 0 fully saturated rings. The van der Waals surface area contributed by atoms with Crippen LogP contribution in [0.15, 0.2) is 47.6 Å². The molecule has 0 atom stereocenters. The largest absolute Gasteiger partial charge is 0.292 e. The number of anilines is 1. The van der Waals surface area contributed by atoms with Crippen molar-refractivity contribution in [3.63, 3.8) is 0 Å². The number of nitrogens with zero attached hydrogens (tertiary/aromatic N) is 1. The van der Waals surface area contributed by atoms with Crippen LogP contribution in [0.3, 0.4) is 0 Å². The number of halogens is 1. The van der Waals surface area contributed by atoms with Crippen LogP contribution in [0.1, 0.15) is 6.92 Å². The Bertz CT molecular complexity index is 593. The van der Waals surface area contributed by atoms with Crippen molar-refractivity contribution in [1.82, 2.24) is 0 Å². The summed E-state index contributed by atoms with van der Waals surface area (Å²) in [5.41, 5.74) is 3.55. The minimum Gasteiger partial charge on any atom is -0.292 e. The maximum Gasteiger partial charge on any atom is 0.191 e. The van der Waals surface area contributed by atoms with Crippen LogP contribution in [0.5, 0.6) is 0 Å². The molecule has 0 unspecified atom stereocenters. The molecule has 0 heterocycles. The lowest BCUT2D eigenvalue weighted by Crippen LogP contribution is -2.04. The van der Waals surface area contributed by atoms with Crippen molar-refractivity contribution in [3.8, 4) is 0 Å². The summed E-state index contributed by atoms with van der Waals surface area (Å²) >= 11 is 5.62. The lowest BCUT2D eigenvalue weighted by atomic mass is 10.1. The van der Waals surface area contributed by atoms with E-state index in [4.69, 9.17) is 11.6 Å². The second-order valence-corrected chi connectivity index (χ2v) is 3.99. The highest BCUT2D eigenvalue weighted by Gasteiger charge is 2.00. The number of benzene rings is 2. The van der Waals surface area contributed by atoms with Gasteiger partial charge < -0.3 is 0 Å². The molecule has 0 radical (unpaired) electrons. The third-order valence-corrected chi connectivity index (χ3v) is 2.67. The first kappa shape index (κ1) is 11.6. The van der Waals surface area contributed by atoms with E-state index in [1.807, 2.05) is 42.5 Å². The van der Waals surface area contributed by atoms with Gasteiger partial charge in [0.1, 0.15) is 0 Å². The van der Waals surface area contributed by atoms with Gasteiger partial charge >= 0.3 is 0 Å². The van der Waals surface area contributed by atoms with Gasteiger partial charge in [-0.15, -0.1) is 0 Å². The molecular weight excluding hydrogens is 236 g/mol. The number of hydrogen-bond acceptors (Lipinski definition) is 3.